The third-order valence-electron chi connectivity index (χ3n) is 5.61. The standard InChI is InChI=1S/C24H28ClNO4/c25-20-13-7-10-18(14-20)16-22(19-11-5-2-6-12-19)30-24(29)26-21(23(27)28)15-17-8-3-1-4-9-17/h2,5-7,10-14,17,21-22H,1,3-4,8-9,15-16H2,(H,26,29)(H,27,28). The van der Waals surface area contributed by atoms with E-state index in [9.17, 15) is 14.7 Å². The Morgan fingerprint density at radius 1 is 1.07 bits per heavy atom. The van der Waals surface area contributed by atoms with E-state index in [-0.39, 0.29) is 0 Å². The second-order valence-electron chi connectivity index (χ2n) is 7.91. The fourth-order valence-corrected chi connectivity index (χ4v) is 4.27. The summed E-state index contributed by atoms with van der Waals surface area (Å²) in [6.07, 6.45) is 5.10. The molecule has 0 radical (unpaired) electrons. The van der Waals surface area contributed by atoms with Crippen LogP contribution in [0.1, 0.15) is 55.8 Å². The van der Waals surface area contributed by atoms with E-state index < -0.39 is 24.2 Å². The van der Waals surface area contributed by atoms with Crippen molar-refractivity contribution in [3.63, 3.8) is 0 Å². The van der Waals surface area contributed by atoms with Gasteiger partial charge in [-0.2, -0.15) is 0 Å². The Bertz CT molecular complexity index is 836. The van der Waals surface area contributed by atoms with E-state index in [0.29, 0.717) is 23.8 Å². The number of carboxylic acids is 1. The maximum Gasteiger partial charge on any atom is 0.408 e. The second kappa shape index (κ2) is 11.0. The molecule has 0 aliphatic heterocycles. The van der Waals surface area contributed by atoms with Crippen molar-refractivity contribution in [1.29, 1.82) is 0 Å². The van der Waals surface area contributed by atoms with E-state index in [4.69, 9.17) is 16.3 Å². The molecular weight excluding hydrogens is 402 g/mol. The lowest BCUT2D eigenvalue weighted by atomic mass is 9.85. The van der Waals surface area contributed by atoms with Crippen molar-refractivity contribution in [3.05, 3.63) is 70.7 Å². The third kappa shape index (κ3) is 6.77. The van der Waals surface area contributed by atoms with Crippen LogP contribution in [-0.4, -0.2) is 23.2 Å². The lowest BCUT2D eigenvalue weighted by Crippen LogP contribution is -2.43. The van der Waals surface area contributed by atoms with E-state index in [1.807, 2.05) is 48.5 Å². The fourth-order valence-electron chi connectivity index (χ4n) is 4.06. The number of hydrogen-bond donors (Lipinski definition) is 2. The molecule has 2 aromatic carbocycles. The van der Waals surface area contributed by atoms with Gasteiger partial charge in [0, 0.05) is 11.4 Å². The fraction of sp³-hybridized carbons (Fsp3) is 0.417. The normalized spacial score (nSPS) is 16.4. The highest BCUT2D eigenvalue weighted by Gasteiger charge is 2.27. The molecular formula is C24H28ClNO4. The van der Waals surface area contributed by atoms with Gasteiger partial charge in [-0.05, 0) is 35.6 Å². The molecule has 0 spiro atoms. The van der Waals surface area contributed by atoms with E-state index in [1.165, 1.54) is 6.42 Å². The van der Waals surface area contributed by atoms with Crippen LogP contribution in [0.25, 0.3) is 0 Å². The van der Waals surface area contributed by atoms with Crippen LogP contribution in [0, 0.1) is 5.92 Å². The zero-order valence-electron chi connectivity index (χ0n) is 16.9. The second-order valence-corrected chi connectivity index (χ2v) is 8.35. The largest absolute Gasteiger partial charge is 0.480 e. The highest BCUT2D eigenvalue weighted by Crippen LogP contribution is 2.28. The molecule has 2 unspecified atom stereocenters. The van der Waals surface area contributed by atoms with Gasteiger partial charge in [0.1, 0.15) is 12.1 Å². The molecule has 2 aromatic rings. The molecule has 1 fully saturated rings. The smallest absolute Gasteiger partial charge is 0.408 e. The number of rotatable bonds is 8. The molecule has 1 saturated carbocycles. The van der Waals surface area contributed by atoms with Crippen LogP contribution in [-0.2, 0) is 16.0 Å². The van der Waals surface area contributed by atoms with Crippen molar-refractivity contribution in [2.45, 2.75) is 57.1 Å². The molecule has 1 aliphatic carbocycles. The average molecular weight is 430 g/mol. The Kier molecular flexibility index (Phi) is 8.14. The predicted molar refractivity (Wildman–Crippen MR) is 117 cm³/mol. The number of nitrogens with one attached hydrogen (secondary N) is 1. The maximum atomic E-state index is 12.6. The van der Waals surface area contributed by atoms with Crippen molar-refractivity contribution >= 4 is 23.7 Å². The molecule has 0 saturated heterocycles. The molecule has 5 nitrogen and oxygen atoms in total. The molecule has 160 valence electrons. The topological polar surface area (TPSA) is 75.6 Å². The summed E-state index contributed by atoms with van der Waals surface area (Å²) in [6, 6.07) is 15.9. The maximum absolute atomic E-state index is 12.6. The Morgan fingerprint density at radius 3 is 2.47 bits per heavy atom. The lowest BCUT2D eigenvalue weighted by Gasteiger charge is -2.26. The van der Waals surface area contributed by atoms with Crippen molar-refractivity contribution < 1.29 is 19.4 Å². The predicted octanol–water partition coefficient (Wildman–Crippen LogP) is 5.77. The highest BCUT2D eigenvalue weighted by atomic mass is 35.5. The molecule has 6 heteroatoms. The van der Waals surface area contributed by atoms with Crippen LogP contribution >= 0.6 is 11.6 Å². The van der Waals surface area contributed by atoms with Gasteiger partial charge >= 0.3 is 12.1 Å². The number of halogens is 1. The van der Waals surface area contributed by atoms with Crippen LogP contribution < -0.4 is 5.32 Å². The number of carbonyl (C=O) groups is 2. The number of carboxylic acid groups (broad SMARTS) is 1. The van der Waals surface area contributed by atoms with Gasteiger partial charge in [0.05, 0.1) is 0 Å². The zero-order valence-corrected chi connectivity index (χ0v) is 17.7. The van der Waals surface area contributed by atoms with Gasteiger partial charge in [0.15, 0.2) is 0 Å². The van der Waals surface area contributed by atoms with Gasteiger partial charge in [-0.15, -0.1) is 0 Å². The minimum atomic E-state index is -1.02. The number of hydrogen-bond acceptors (Lipinski definition) is 3. The van der Waals surface area contributed by atoms with Crippen molar-refractivity contribution in [2.24, 2.45) is 5.92 Å². The van der Waals surface area contributed by atoms with E-state index >= 15 is 0 Å². The summed E-state index contributed by atoms with van der Waals surface area (Å²) in [5.74, 6) is -0.694. The van der Waals surface area contributed by atoms with E-state index in [1.54, 1.807) is 6.07 Å². The van der Waals surface area contributed by atoms with Gasteiger partial charge in [-0.25, -0.2) is 9.59 Å². The van der Waals surface area contributed by atoms with Gasteiger partial charge in [0.25, 0.3) is 0 Å². The summed E-state index contributed by atoms with van der Waals surface area (Å²) in [4.78, 5) is 24.3. The Labute approximate surface area is 182 Å². The van der Waals surface area contributed by atoms with Gasteiger partial charge < -0.3 is 15.2 Å². The number of alkyl carbamates (subject to hydrolysis) is 1. The third-order valence-corrected chi connectivity index (χ3v) is 5.85. The summed E-state index contributed by atoms with van der Waals surface area (Å²) in [6.45, 7) is 0. The molecule has 1 aliphatic rings. The van der Waals surface area contributed by atoms with Gasteiger partial charge in [-0.1, -0.05) is 86.2 Å². The molecule has 0 heterocycles. The van der Waals surface area contributed by atoms with Crippen molar-refractivity contribution in [3.8, 4) is 0 Å². The summed E-state index contributed by atoms with van der Waals surface area (Å²) in [5, 5.41) is 12.8. The lowest BCUT2D eigenvalue weighted by molar-refractivity contribution is -0.140. The first-order valence-corrected chi connectivity index (χ1v) is 10.9. The van der Waals surface area contributed by atoms with Crippen LogP contribution in [0.15, 0.2) is 54.6 Å². The molecule has 1 amide bonds. The minimum Gasteiger partial charge on any atom is -0.480 e. The highest BCUT2D eigenvalue weighted by molar-refractivity contribution is 6.30. The Balaban J connectivity index is 1.67. The van der Waals surface area contributed by atoms with Crippen LogP contribution in [0.3, 0.4) is 0 Å². The summed E-state index contributed by atoms with van der Waals surface area (Å²) >= 11 is 6.09. The van der Waals surface area contributed by atoms with Crippen LogP contribution in [0.2, 0.25) is 5.02 Å². The Hall–Kier alpha value is -2.53. The number of benzene rings is 2. The SMILES string of the molecule is O=C(NC(CC1CCCCC1)C(=O)O)OC(Cc1cccc(Cl)c1)c1ccccc1. The van der Waals surface area contributed by atoms with Crippen molar-refractivity contribution in [1.82, 2.24) is 5.32 Å². The van der Waals surface area contributed by atoms with Crippen molar-refractivity contribution in [2.75, 3.05) is 0 Å². The zero-order chi connectivity index (χ0) is 21.3. The van der Waals surface area contributed by atoms with E-state index in [0.717, 1.165) is 36.8 Å². The molecule has 30 heavy (non-hydrogen) atoms. The number of amides is 1. The molecule has 0 bridgehead atoms. The van der Waals surface area contributed by atoms with E-state index in [2.05, 4.69) is 5.32 Å². The molecule has 2 atom stereocenters. The Morgan fingerprint density at radius 2 is 1.80 bits per heavy atom. The monoisotopic (exact) mass is 429 g/mol. The summed E-state index contributed by atoms with van der Waals surface area (Å²) in [7, 11) is 0. The number of carbonyl (C=O) groups excluding carboxylic acids is 1. The van der Waals surface area contributed by atoms with Crippen LogP contribution in [0.4, 0.5) is 4.79 Å². The molecule has 2 N–H and O–H groups in total. The first-order chi connectivity index (χ1) is 14.5. The average Bonchev–Trinajstić information content (AvgIpc) is 2.74. The summed E-state index contributed by atoms with van der Waals surface area (Å²) in [5.41, 5.74) is 1.77. The van der Waals surface area contributed by atoms with Gasteiger partial charge in [-0.3, -0.25) is 0 Å². The number of ether oxygens (including phenoxy) is 1. The first-order valence-electron chi connectivity index (χ1n) is 10.5. The van der Waals surface area contributed by atoms with Crippen LogP contribution in [0.5, 0.6) is 0 Å². The first kappa shape index (κ1) is 22.2. The summed E-state index contributed by atoms with van der Waals surface area (Å²) < 4.78 is 5.69. The molecule has 3 rings (SSSR count). The minimum absolute atomic E-state index is 0.330. The number of aliphatic carboxylic acids is 1. The molecule has 0 aromatic heterocycles. The van der Waals surface area contributed by atoms with Gasteiger partial charge in [0.2, 0.25) is 0 Å². The quantitative estimate of drug-likeness (QED) is 0.558.